The molecule has 9 nitrogen and oxygen atoms in total. The lowest BCUT2D eigenvalue weighted by atomic mass is 9.94. The number of aliphatic hydroxyl groups excluding tert-OH is 1. The van der Waals surface area contributed by atoms with Crippen LogP contribution in [0.25, 0.3) is 27.7 Å². The minimum absolute atomic E-state index is 0.0598. The van der Waals surface area contributed by atoms with Crippen LogP contribution < -0.4 is 15.4 Å². The third-order valence-electron chi connectivity index (χ3n) is 9.62. The van der Waals surface area contributed by atoms with Crippen LogP contribution in [0.4, 0.5) is 24.5 Å². The summed E-state index contributed by atoms with van der Waals surface area (Å²) in [6, 6.07) is 5.43. The van der Waals surface area contributed by atoms with Crippen LogP contribution in [0.3, 0.4) is 0 Å². The van der Waals surface area contributed by atoms with Crippen LogP contribution in [0.2, 0.25) is 0 Å². The number of pyridine rings is 2. The Bertz CT molecular complexity index is 2030. The van der Waals surface area contributed by atoms with Crippen molar-refractivity contribution in [2.45, 2.75) is 65.1 Å². The van der Waals surface area contributed by atoms with Crippen LogP contribution >= 0.6 is 0 Å². The molecule has 2 aliphatic rings. The number of carbonyl (C=O) groups is 1. The molecule has 3 atom stereocenters. The molecule has 1 unspecified atom stereocenters. The quantitative estimate of drug-likeness (QED) is 0.239. The summed E-state index contributed by atoms with van der Waals surface area (Å²) in [6.45, 7) is 13.7. The molecule has 0 aliphatic carbocycles. The molecule has 2 N–H and O–H groups in total. The fourth-order valence-electron chi connectivity index (χ4n) is 7.29. The predicted molar refractivity (Wildman–Crippen MR) is 184 cm³/mol. The molecule has 1 fully saturated rings. The maximum absolute atomic E-state index is 17.4. The van der Waals surface area contributed by atoms with Gasteiger partial charge in [-0.05, 0) is 69.0 Å². The molecule has 12 heteroatoms. The van der Waals surface area contributed by atoms with Crippen LogP contribution in [0, 0.1) is 24.4 Å². The number of aliphatic hydroxyl groups is 1. The molecule has 0 saturated carbocycles. The summed E-state index contributed by atoms with van der Waals surface area (Å²) in [5.74, 6) is -4.52. The summed E-state index contributed by atoms with van der Waals surface area (Å²) in [7, 11) is 0. The van der Waals surface area contributed by atoms with Gasteiger partial charge in [0.1, 0.15) is 23.1 Å². The highest BCUT2D eigenvalue weighted by molar-refractivity contribution is 6.03. The maximum atomic E-state index is 17.4. The van der Waals surface area contributed by atoms with Crippen LogP contribution in [0.5, 0.6) is 5.75 Å². The Morgan fingerprint density at radius 3 is 2.45 bits per heavy atom. The van der Waals surface area contributed by atoms with E-state index in [1.54, 1.807) is 31.0 Å². The maximum Gasteiger partial charge on any atom is 0.281 e. The standard InChI is InChI=1S/C37H40F3N5O4/c1-7-28(48)43-18-23-17-42(14-12-22(6)46)36-35(44(23)16-21(43)5)24-15-26(39)30(29-25(38)9-8-10-27(29)47)31(40)34(24)45(37(36)49)33-20(4)11-13-41-32(33)19(2)3/h7-11,13,15,19,21-23,46-47H,1,12,14,16-18H2,2-6H3/t21-,22?,23+/m1/s1. The second kappa shape index (κ2) is 12.9. The van der Waals surface area contributed by atoms with Crippen molar-refractivity contribution in [2.75, 3.05) is 36.0 Å². The number of hydrogen-bond acceptors (Lipinski definition) is 7. The zero-order valence-electron chi connectivity index (χ0n) is 28.2. The Labute approximate surface area is 282 Å². The van der Waals surface area contributed by atoms with E-state index < -0.39 is 46.0 Å². The van der Waals surface area contributed by atoms with Crippen molar-refractivity contribution in [3.05, 3.63) is 88.2 Å². The van der Waals surface area contributed by atoms with E-state index in [4.69, 9.17) is 0 Å². The number of fused-ring (bicyclic) bond motifs is 5. The van der Waals surface area contributed by atoms with Gasteiger partial charge >= 0.3 is 0 Å². The molecule has 258 valence electrons. The van der Waals surface area contributed by atoms with Crippen molar-refractivity contribution >= 4 is 28.2 Å². The number of nitrogens with zero attached hydrogens (tertiary/aromatic N) is 5. The summed E-state index contributed by atoms with van der Waals surface area (Å²) in [5.41, 5.74) is -0.473. The van der Waals surface area contributed by atoms with E-state index >= 15 is 18.0 Å². The average molecular weight is 676 g/mol. The Morgan fingerprint density at radius 2 is 1.80 bits per heavy atom. The smallest absolute Gasteiger partial charge is 0.281 e. The van der Waals surface area contributed by atoms with Gasteiger partial charge in [0.15, 0.2) is 5.82 Å². The number of aromatic hydroxyl groups is 1. The first-order valence-electron chi connectivity index (χ1n) is 16.4. The highest BCUT2D eigenvalue weighted by Crippen LogP contribution is 2.46. The summed E-state index contributed by atoms with van der Waals surface area (Å²) in [5, 5.41) is 21.0. The number of benzene rings is 2. The van der Waals surface area contributed by atoms with Gasteiger partial charge in [0.25, 0.3) is 5.56 Å². The Balaban J connectivity index is 1.78. The van der Waals surface area contributed by atoms with Crippen molar-refractivity contribution in [3.63, 3.8) is 0 Å². The minimum Gasteiger partial charge on any atom is -0.507 e. The molecule has 6 rings (SSSR count). The number of rotatable bonds is 7. The normalized spacial score (nSPS) is 18.1. The summed E-state index contributed by atoms with van der Waals surface area (Å²) < 4.78 is 50.3. The third-order valence-corrected chi connectivity index (χ3v) is 9.62. The lowest BCUT2D eigenvalue weighted by Crippen LogP contribution is -2.64. The van der Waals surface area contributed by atoms with E-state index in [9.17, 15) is 15.0 Å². The van der Waals surface area contributed by atoms with Crippen LogP contribution in [-0.4, -0.2) is 74.9 Å². The number of aromatic nitrogens is 2. The number of aryl methyl sites for hydroxylation is 1. The fraction of sp³-hybridized carbons (Fsp3) is 0.378. The van der Waals surface area contributed by atoms with Crippen LogP contribution in [0.1, 0.15) is 51.3 Å². The molecule has 1 saturated heterocycles. The average Bonchev–Trinajstić information content (AvgIpc) is 3.04. The van der Waals surface area contributed by atoms with E-state index in [0.29, 0.717) is 29.9 Å². The van der Waals surface area contributed by atoms with E-state index in [1.807, 2.05) is 30.6 Å². The van der Waals surface area contributed by atoms with Crippen molar-refractivity contribution < 1.29 is 28.2 Å². The molecular weight excluding hydrogens is 635 g/mol. The number of piperazine rings is 1. The van der Waals surface area contributed by atoms with Gasteiger partial charge in [0.2, 0.25) is 5.91 Å². The number of phenols is 1. The zero-order chi connectivity index (χ0) is 35.5. The monoisotopic (exact) mass is 675 g/mol. The minimum atomic E-state index is -1.22. The van der Waals surface area contributed by atoms with Gasteiger partial charge < -0.3 is 24.9 Å². The highest BCUT2D eigenvalue weighted by atomic mass is 19.1. The topological polar surface area (TPSA) is 102 Å². The van der Waals surface area contributed by atoms with Gasteiger partial charge in [-0.1, -0.05) is 26.5 Å². The van der Waals surface area contributed by atoms with Crippen LogP contribution in [-0.2, 0) is 4.79 Å². The second-order valence-corrected chi connectivity index (χ2v) is 13.4. The van der Waals surface area contributed by atoms with Gasteiger partial charge in [-0.3, -0.25) is 19.1 Å². The second-order valence-electron chi connectivity index (χ2n) is 13.4. The zero-order valence-corrected chi connectivity index (χ0v) is 28.2. The molecule has 0 radical (unpaired) electrons. The summed E-state index contributed by atoms with van der Waals surface area (Å²) in [4.78, 5) is 38.0. The lowest BCUT2D eigenvalue weighted by molar-refractivity contribution is -0.128. The van der Waals surface area contributed by atoms with Gasteiger partial charge in [0, 0.05) is 43.8 Å². The number of anilines is 2. The highest BCUT2D eigenvalue weighted by Gasteiger charge is 2.43. The number of carbonyl (C=O) groups excluding carboxylic acids is 1. The molecule has 2 aliphatic heterocycles. The molecule has 2 aromatic heterocycles. The largest absolute Gasteiger partial charge is 0.507 e. The summed E-state index contributed by atoms with van der Waals surface area (Å²) in [6.07, 6.45) is 2.44. The van der Waals surface area contributed by atoms with E-state index in [0.717, 1.165) is 18.2 Å². The van der Waals surface area contributed by atoms with Gasteiger partial charge in [0.05, 0.1) is 45.9 Å². The number of halogens is 3. The van der Waals surface area contributed by atoms with E-state index in [1.165, 1.54) is 16.7 Å². The molecule has 4 heterocycles. The van der Waals surface area contributed by atoms with Crippen molar-refractivity contribution in [2.24, 2.45) is 0 Å². The van der Waals surface area contributed by atoms with Gasteiger partial charge in [-0.15, -0.1) is 0 Å². The van der Waals surface area contributed by atoms with Crippen molar-refractivity contribution in [1.82, 2.24) is 14.5 Å². The first-order valence-corrected chi connectivity index (χ1v) is 16.4. The van der Waals surface area contributed by atoms with Crippen LogP contribution in [0.15, 0.2) is 54.0 Å². The molecular formula is C37H40F3N5O4. The molecule has 0 bridgehead atoms. The molecule has 1 amide bonds. The first kappa shape index (κ1) is 34.0. The number of hydrogen-bond donors (Lipinski definition) is 2. The Hall–Kier alpha value is -4.84. The van der Waals surface area contributed by atoms with E-state index in [2.05, 4.69) is 11.6 Å². The molecule has 49 heavy (non-hydrogen) atoms. The molecule has 0 spiro atoms. The SMILES string of the molecule is C=CC(=O)N1C[C@@H]2CN(CCC(C)O)c3c(c4cc(F)c(-c5c(O)cccc5F)c(F)c4n(-c4c(C)ccnc4C(C)C)c3=O)N2C[C@H]1C. The first-order chi connectivity index (χ1) is 23.3. The summed E-state index contributed by atoms with van der Waals surface area (Å²) >= 11 is 0. The number of phenolic OH excluding ortho intramolecular Hbond substituents is 1. The van der Waals surface area contributed by atoms with Gasteiger partial charge in [-0.2, -0.15) is 0 Å². The van der Waals surface area contributed by atoms with Crippen molar-refractivity contribution in [3.8, 4) is 22.6 Å². The lowest BCUT2D eigenvalue weighted by Gasteiger charge is -2.52. The van der Waals surface area contributed by atoms with E-state index in [-0.39, 0.29) is 65.8 Å². The van der Waals surface area contributed by atoms with Crippen molar-refractivity contribution in [1.29, 1.82) is 0 Å². The predicted octanol–water partition coefficient (Wildman–Crippen LogP) is 5.79. The third kappa shape index (κ3) is 5.61. The Kier molecular flexibility index (Phi) is 8.95. The molecule has 4 aromatic rings. The number of amides is 1. The Morgan fingerprint density at radius 1 is 1.06 bits per heavy atom. The van der Waals surface area contributed by atoms with Gasteiger partial charge in [-0.25, -0.2) is 13.2 Å². The fourth-order valence-corrected chi connectivity index (χ4v) is 7.29. The molecule has 2 aromatic carbocycles.